The minimum absolute atomic E-state index is 0.315. The van der Waals surface area contributed by atoms with Crippen LogP contribution >= 0.6 is 11.6 Å². The molecule has 3 aromatic carbocycles. The molecule has 1 atom stereocenters. The number of hydrogen-bond acceptors (Lipinski definition) is 3. The Hall–Kier alpha value is -3.37. The summed E-state index contributed by atoms with van der Waals surface area (Å²) in [5.74, 6) is -0.631. The van der Waals surface area contributed by atoms with Crippen LogP contribution in [0.15, 0.2) is 90.5 Å². The van der Waals surface area contributed by atoms with E-state index < -0.39 is 11.1 Å². The minimum Gasteiger partial charge on any atom is -0.364 e. The molecule has 2 amide bonds. The molecule has 0 bridgehead atoms. The van der Waals surface area contributed by atoms with Gasteiger partial charge in [0.25, 0.3) is 11.8 Å². The summed E-state index contributed by atoms with van der Waals surface area (Å²) >= 11 is 6.16. The summed E-state index contributed by atoms with van der Waals surface area (Å²) in [7, 11) is 0. The molecule has 0 aliphatic carbocycles. The van der Waals surface area contributed by atoms with Crippen molar-refractivity contribution in [1.82, 2.24) is 4.90 Å². The number of benzene rings is 3. The normalized spacial score (nSPS) is 20.1. The summed E-state index contributed by atoms with van der Waals surface area (Å²) in [6, 6.07) is 26.1. The molecule has 0 aromatic heterocycles. The first-order valence-corrected chi connectivity index (χ1v) is 10.9. The predicted molar refractivity (Wildman–Crippen MR) is 129 cm³/mol. The van der Waals surface area contributed by atoms with Gasteiger partial charge in [-0.1, -0.05) is 72.3 Å². The van der Waals surface area contributed by atoms with Gasteiger partial charge in [0.2, 0.25) is 0 Å². The number of hydrogen-bond donors (Lipinski definition) is 1. The van der Waals surface area contributed by atoms with Crippen molar-refractivity contribution in [3.8, 4) is 0 Å². The highest BCUT2D eigenvalue weighted by Crippen LogP contribution is 2.45. The van der Waals surface area contributed by atoms with Crippen molar-refractivity contribution in [2.45, 2.75) is 31.8 Å². The first kappa shape index (κ1) is 21.8. The number of anilines is 1. The van der Waals surface area contributed by atoms with E-state index in [9.17, 15) is 9.59 Å². The lowest BCUT2D eigenvalue weighted by Crippen LogP contribution is -2.50. The van der Waals surface area contributed by atoms with Gasteiger partial charge in [-0.15, -0.1) is 0 Å². The number of para-hydroxylation sites is 1. The minimum atomic E-state index is -1.40. The number of carbonyl (C=O) groups is 2. The lowest BCUT2D eigenvalue weighted by atomic mass is 9.82. The quantitative estimate of drug-likeness (QED) is 0.402. The number of carbonyl (C=O) groups excluding carboxylic acids is 2. The summed E-state index contributed by atoms with van der Waals surface area (Å²) in [5, 5.41) is 3.98. The van der Waals surface area contributed by atoms with E-state index in [0.29, 0.717) is 16.2 Å². The standard InChI is InChI=1S/C27H25ClN2O2/c1-26(2,3)30-24(31)23(18-19-10-6-4-7-11-19)27(25(30)32,20-14-16-21(28)17-15-20)29-22-12-8-5-9-13-22/h4-18,29H,1-3H3/b23-18+/t27-/m1/s1. The fourth-order valence-corrected chi connectivity index (χ4v) is 4.19. The summed E-state index contributed by atoms with van der Waals surface area (Å²) < 4.78 is 0. The molecule has 4 nitrogen and oxygen atoms in total. The van der Waals surface area contributed by atoms with Crippen LogP contribution < -0.4 is 5.32 Å². The number of nitrogens with zero attached hydrogens (tertiary/aromatic N) is 1. The first-order chi connectivity index (χ1) is 15.2. The van der Waals surface area contributed by atoms with E-state index in [1.807, 2.05) is 81.4 Å². The molecule has 32 heavy (non-hydrogen) atoms. The Bertz CT molecular complexity index is 1170. The average molecular weight is 445 g/mol. The van der Waals surface area contributed by atoms with Gasteiger partial charge >= 0.3 is 0 Å². The maximum Gasteiger partial charge on any atom is 0.265 e. The average Bonchev–Trinajstić information content (AvgIpc) is 2.97. The number of halogens is 1. The molecule has 1 saturated heterocycles. The molecule has 0 radical (unpaired) electrons. The molecule has 1 aliphatic rings. The number of rotatable bonds is 4. The zero-order chi connectivity index (χ0) is 22.9. The molecule has 1 N–H and O–H groups in total. The lowest BCUT2D eigenvalue weighted by Gasteiger charge is -2.34. The fourth-order valence-electron chi connectivity index (χ4n) is 4.06. The Kier molecular flexibility index (Phi) is 5.66. The van der Waals surface area contributed by atoms with Crippen molar-refractivity contribution in [3.63, 3.8) is 0 Å². The fraction of sp³-hybridized carbons (Fsp3) is 0.185. The molecule has 4 rings (SSSR count). The summed E-state index contributed by atoms with van der Waals surface area (Å²) in [4.78, 5) is 29.3. The van der Waals surface area contributed by atoms with Crippen molar-refractivity contribution in [1.29, 1.82) is 0 Å². The SMILES string of the molecule is CC(C)(C)N1C(=O)/C(=C\c2ccccc2)[C@](Nc2ccccc2)(c2ccc(Cl)cc2)C1=O. The van der Waals surface area contributed by atoms with Gasteiger partial charge < -0.3 is 5.32 Å². The smallest absolute Gasteiger partial charge is 0.265 e. The zero-order valence-electron chi connectivity index (χ0n) is 18.3. The van der Waals surface area contributed by atoms with Gasteiger partial charge in [-0.2, -0.15) is 0 Å². The van der Waals surface area contributed by atoms with Crippen LogP contribution in [-0.4, -0.2) is 22.3 Å². The molecule has 162 valence electrons. The Balaban J connectivity index is 2.02. The first-order valence-electron chi connectivity index (χ1n) is 10.5. The van der Waals surface area contributed by atoms with Crippen molar-refractivity contribution in [2.75, 3.05) is 5.32 Å². The third-order valence-corrected chi connectivity index (χ3v) is 5.78. The van der Waals surface area contributed by atoms with Crippen LogP contribution in [0, 0.1) is 0 Å². The van der Waals surface area contributed by atoms with Gasteiger partial charge in [-0.05, 0) is 62.2 Å². The van der Waals surface area contributed by atoms with E-state index in [0.717, 1.165) is 11.3 Å². The highest BCUT2D eigenvalue weighted by molar-refractivity contribution is 6.30. The molecule has 5 heteroatoms. The number of imide groups is 1. The van der Waals surface area contributed by atoms with Crippen LogP contribution in [0.3, 0.4) is 0 Å². The Morgan fingerprint density at radius 1 is 0.844 bits per heavy atom. The van der Waals surface area contributed by atoms with Crippen LogP contribution in [0.25, 0.3) is 6.08 Å². The molecular formula is C27H25ClN2O2. The largest absolute Gasteiger partial charge is 0.364 e. The molecule has 0 spiro atoms. The topological polar surface area (TPSA) is 49.4 Å². The van der Waals surface area contributed by atoms with Crippen LogP contribution in [-0.2, 0) is 15.1 Å². The second-order valence-corrected chi connectivity index (χ2v) is 9.27. The van der Waals surface area contributed by atoms with E-state index in [1.165, 1.54) is 4.90 Å². The number of likely N-dealkylation sites (tertiary alicyclic amines) is 1. The Morgan fingerprint density at radius 3 is 1.97 bits per heavy atom. The summed E-state index contributed by atoms with van der Waals surface area (Å²) in [6.45, 7) is 5.59. The van der Waals surface area contributed by atoms with E-state index in [1.54, 1.807) is 30.3 Å². The van der Waals surface area contributed by atoms with Gasteiger partial charge in [0.1, 0.15) is 0 Å². The number of nitrogens with one attached hydrogen (secondary N) is 1. The van der Waals surface area contributed by atoms with Gasteiger partial charge in [0.15, 0.2) is 5.54 Å². The van der Waals surface area contributed by atoms with Crippen LogP contribution in [0.2, 0.25) is 5.02 Å². The third-order valence-electron chi connectivity index (χ3n) is 5.53. The zero-order valence-corrected chi connectivity index (χ0v) is 19.1. The van der Waals surface area contributed by atoms with E-state index in [2.05, 4.69) is 5.32 Å². The van der Waals surface area contributed by atoms with E-state index in [-0.39, 0.29) is 11.8 Å². The molecule has 3 aromatic rings. The Labute approximate surface area is 193 Å². The lowest BCUT2D eigenvalue weighted by molar-refractivity contribution is -0.144. The highest BCUT2D eigenvalue weighted by Gasteiger charge is 2.59. The predicted octanol–water partition coefficient (Wildman–Crippen LogP) is 5.90. The van der Waals surface area contributed by atoms with Crippen molar-refractivity contribution >= 4 is 35.2 Å². The Morgan fingerprint density at radius 2 is 1.41 bits per heavy atom. The molecule has 0 unspecified atom stereocenters. The second-order valence-electron chi connectivity index (χ2n) is 8.83. The molecule has 1 aliphatic heterocycles. The van der Waals surface area contributed by atoms with Gasteiger partial charge in [0, 0.05) is 16.2 Å². The second kappa shape index (κ2) is 8.29. The van der Waals surface area contributed by atoms with Gasteiger partial charge in [0.05, 0.1) is 5.57 Å². The molecule has 1 heterocycles. The van der Waals surface area contributed by atoms with E-state index >= 15 is 0 Å². The molecule has 0 saturated carbocycles. The maximum atomic E-state index is 14.1. The van der Waals surface area contributed by atoms with Crippen LogP contribution in [0.4, 0.5) is 5.69 Å². The molecule has 1 fully saturated rings. The maximum absolute atomic E-state index is 14.1. The van der Waals surface area contributed by atoms with Crippen molar-refractivity contribution in [3.05, 3.63) is 107 Å². The summed E-state index contributed by atoms with van der Waals surface area (Å²) in [6.07, 6.45) is 1.80. The van der Waals surface area contributed by atoms with Crippen molar-refractivity contribution in [2.24, 2.45) is 0 Å². The van der Waals surface area contributed by atoms with Crippen LogP contribution in [0.1, 0.15) is 31.9 Å². The summed E-state index contributed by atoms with van der Waals surface area (Å²) in [5.41, 5.74) is 0.501. The van der Waals surface area contributed by atoms with Gasteiger partial charge in [-0.3, -0.25) is 14.5 Å². The highest BCUT2D eigenvalue weighted by atomic mass is 35.5. The van der Waals surface area contributed by atoms with Crippen LogP contribution in [0.5, 0.6) is 0 Å². The monoisotopic (exact) mass is 444 g/mol. The number of amides is 2. The molecular weight excluding hydrogens is 420 g/mol. The van der Waals surface area contributed by atoms with Crippen molar-refractivity contribution < 1.29 is 9.59 Å². The third kappa shape index (κ3) is 3.82. The van der Waals surface area contributed by atoms with Gasteiger partial charge in [-0.25, -0.2) is 0 Å². The van der Waals surface area contributed by atoms with E-state index in [4.69, 9.17) is 11.6 Å².